The lowest BCUT2D eigenvalue weighted by Crippen LogP contribution is -2.05. The van der Waals surface area contributed by atoms with Gasteiger partial charge in [-0.05, 0) is 34.1 Å². The molecule has 0 bridgehead atoms. The Labute approximate surface area is 166 Å². The first-order chi connectivity index (χ1) is 12.6. The van der Waals surface area contributed by atoms with Crippen LogP contribution in [0.4, 0.5) is 0 Å². The maximum absolute atomic E-state index is 10.7. The predicted octanol–water partition coefficient (Wildman–Crippen LogP) is 3.85. The second kappa shape index (κ2) is 20.2. The van der Waals surface area contributed by atoms with Crippen molar-refractivity contribution in [2.45, 2.75) is 47.5 Å². The molecule has 8 nitrogen and oxygen atoms in total. The maximum Gasteiger partial charge on any atom is 0.333 e. The van der Waals surface area contributed by atoms with E-state index in [9.17, 15) is 19.2 Å². The Hall–Kier alpha value is -3.16. The molecular formula is C20H32O8. The second-order valence-corrected chi connectivity index (χ2v) is 5.53. The lowest BCUT2D eigenvalue weighted by atomic mass is 10.3. The highest BCUT2D eigenvalue weighted by Gasteiger charge is 2.00. The smallest absolute Gasteiger partial charge is 0.333 e. The number of carbonyl (C=O) groups excluding carboxylic acids is 1. The number of esters is 1. The van der Waals surface area contributed by atoms with Crippen molar-refractivity contribution in [2.75, 3.05) is 6.61 Å². The topological polar surface area (TPSA) is 138 Å². The number of hydrogen-bond donors (Lipinski definition) is 3. The van der Waals surface area contributed by atoms with Crippen LogP contribution in [0.3, 0.4) is 0 Å². The Kier molecular flexibility index (Phi) is 23.4. The van der Waals surface area contributed by atoms with Crippen LogP contribution in [0, 0.1) is 0 Å². The van der Waals surface area contributed by atoms with Crippen LogP contribution in [0.1, 0.15) is 47.5 Å². The zero-order valence-electron chi connectivity index (χ0n) is 17.3. The third kappa shape index (κ3) is 34.2. The maximum atomic E-state index is 10.7. The molecule has 0 aromatic rings. The van der Waals surface area contributed by atoms with Crippen molar-refractivity contribution in [2.24, 2.45) is 0 Å². The fourth-order valence-corrected chi connectivity index (χ4v) is 0.432. The number of aliphatic carboxylic acids is 3. The van der Waals surface area contributed by atoms with Crippen molar-refractivity contribution in [3.63, 3.8) is 0 Å². The molecule has 8 heteroatoms. The van der Waals surface area contributed by atoms with Gasteiger partial charge in [0.2, 0.25) is 0 Å². The molecule has 0 aliphatic heterocycles. The van der Waals surface area contributed by atoms with Gasteiger partial charge in [-0.25, -0.2) is 19.2 Å². The van der Waals surface area contributed by atoms with Gasteiger partial charge < -0.3 is 20.1 Å². The van der Waals surface area contributed by atoms with Crippen LogP contribution in [0.5, 0.6) is 0 Å². The van der Waals surface area contributed by atoms with Crippen LogP contribution < -0.4 is 0 Å². The Bertz CT molecular complexity index is 492. The van der Waals surface area contributed by atoms with Gasteiger partial charge >= 0.3 is 23.9 Å². The molecule has 0 radical (unpaired) electrons. The van der Waals surface area contributed by atoms with Crippen molar-refractivity contribution >= 4 is 23.9 Å². The molecule has 0 atom stereocenters. The number of rotatable bonds is 7. The number of carboxylic acids is 3. The molecule has 0 amide bonds. The van der Waals surface area contributed by atoms with E-state index in [0.717, 1.165) is 12.8 Å². The molecule has 0 rings (SSSR count). The van der Waals surface area contributed by atoms with Crippen LogP contribution in [0.25, 0.3) is 0 Å². The minimum atomic E-state index is -0.935. The molecule has 0 saturated heterocycles. The first kappa shape index (κ1) is 32.5. The first-order valence-corrected chi connectivity index (χ1v) is 8.10. The van der Waals surface area contributed by atoms with E-state index >= 15 is 0 Å². The van der Waals surface area contributed by atoms with Crippen LogP contribution >= 0.6 is 0 Å². The van der Waals surface area contributed by atoms with E-state index in [1.165, 1.54) is 20.8 Å². The van der Waals surface area contributed by atoms with Gasteiger partial charge in [-0.1, -0.05) is 39.7 Å². The molecule has 0 fully saturated rings. The third-order valence-electron chi connectivity index (χ3n) is 2.17. The quantitative estimate of drug-likeness (QED) is 0.333. The average Bonchev–Trinajstić information content (AvgIpc) is 2.56. The summed E-state index contributed by atoms with van der Waals surface area (Å²) in [6.45, 7) is 21.5. The van der Waals surface area contributed by atoms with Crippen molar-refractivity contribution in [3.8, 4) is 0 Å². The molecule has 0 spiro atoms. The van der Waals surface area contributed by atoms with E-state index in [1.807, 2.05) is 0 Å². The van der Waals surface area contributed by atoms with Gasteiger partial charge in [-0.15, -0.1) is 0 Å². The monoisotopic (exact) mass is 400 g/mol. The molecule has 0 aliphatic rings. The first-order valence-electron chi connectivity index (χ1n) is 8.10. The van der Waals surface area contributed by atoms with Crippen molar-refractivity contribution < 1.29 is 39.2 Å². The minimum Gasteiger partial charge on any atom is -0.478 e. The Morgan fingerprint density at radius 3 is 1.07 bits per heavy atom. The summed E-state index contributed by atoms with van der Waals surface area (Å²) in [6.07, 6.45) is 1.97. The second-order valence-electron chi connectivity index (χ2n) is 5.53. The summed E-state index contributed by atoms with van der Waals surface area (Å²) >= 11 is 0. The molecular weight excluding hydrogens is 368 g/mol. The lowest BCUT2D eigenvalue weighted by molar-refractivity contribution is -0.139. The zero-order chi connectivity index (χ0) is 23.4. The van der Waals surface area contributed by atoms with E-state index in [2.05, 4.69) is 33.2 Å². The predicted molar refractivity (Wildman–Crippen MR) is 108 cm³/mol. The van der Waals surface area contributed by atoms with Crippen LogP contribution in [-0.4, -0.2) is 45.8 Å². The van der Waals surface area contributed by atoms with E-state index < -0.39 is 17.9 Å². The summed E-state index contributed by atoms with van der Waals surface area (Å²) in [7, 11) is 0. The van der Waals surface area contributed by atoms with Gasteiger partial charge in [-0.2, -0.15) is 0 Å². The summed E-state index contributed by atoms with van der Waals surface area (Å²) in [6, 6.07) is 0. The third-order valence-corrected chi connectivity index (χ3v) is 2.17. The highest BCUT2D eigenvalue weighted by atomic mass is 16.5. The van der Waals surface area contributed by atoms with Gasteiger partial charge in [0.15, 0.2) is 0 Å². The van der Waals surface area contributed by atoms with Crippen LogP contribution in [0.2, 0.25) is 0 Å². The average molecular weight is 400 g/mol. The van der Waals surface area contributed by atoms with Crippen molar-refractivity contribution in [1.29, 1.82) is 0 Å². The van der Waals surface area contributed by atoms with Crippen LogP contribution in [0.15, 0.2) is 48.6 Å². The summed E-state index contributed by atoms with van der Waals surface area (Å²) in [5.74, 6) is -3.09. The number of ether oxygens (including phenoxy) is 1. The van der Waals surface area contributed by atoms with E-state index in [1.54, 1.807) is 6.92 Å². The van der Waals surface area contributed by atoms with Gasteiger partial charge in [0, 0.05) is 22.3 Å². The Balaban J connectivity index is -0.000000142. The van der Waals surface area contributed by atoms with E-state index in [0.29, 0.717) is 12.2 Å². The van der Waals surface area contributed by atoms with Crippen molar-refractivity contribution in [3.05, 3.63) is 48.6 Å². The number of hydrogen-bond acceptors (Lipinski definition) is 5. The van der Waals surface area contributed by atoms with Gasteiger partial charge in [-0.3, -0.25) is 0 Å². The summed E-state index contributed by atoms with van der Waals surface area (Å²) in [4.78, 5) is 39.5. The SMILES string of the molecule is C=C(C)C(=O)O.C=C(C)C(=O)O.C=C(C)C(=O)O.C=C(C)C(=O)OCCCC. The molecule has 160 valence electrons. The minimum absolute atomic E-state index is 0.176. The number of unbranched alkanes of at least 4 members (excludes halogenated alkanes) is 1. The summed E-state index contributed by atoms with van der Waals surface area (Å²) in [5, 5.41) is 23.7. The normalized spacial score (nSPS) is 8.04. The van der Waals surface area contributed by atoms with E-state index in [4.69, 9.17) is 20.1 Å². The molecule has 0 aromatic carbocycles. The molecule has 3 N–H and O–H groups in total. The highest BCUT2D eigenvalue weighted by Crippen LogP contribution is 1.94. The fraction of sp³-hybridized carbons (Fsp3) is 0.400. The van der Waals surface area contributed by atoms with Gasteiger partial charge in [0.1, 0.15) is 0 Å². The molecule has 0 unspecified atom stereocenters. The molecule has 0 aliphatic carbocycles. The number of carbonyl (C=O) groups is 4. The molecule has 0 aromatic heterocycles. The number of carboxylic acid groups (broad SMARTS) is 3. The van der Waals surface area contributed by atoms with Crippen LogP contribution in [-0.2, 0) is 23.9 Å². The Morgan fingerprint density at radius 2 is 0.929 bits per heavy atom. The van der Waals surface area contributed by atoms with Crippen molar-refractivity contribution in [1.82, 2.24) is 0 Å². The standard InChI is InChI=1S/C8H14O2.3C4H6O2/c1-4-5-6-10-8(9)7(2)3;3*1-3(2)4(5)6/h2,4-6H2,1,3H3;3*1H2,2H3,(H,5,6). The Morgan fingerprint density at radius 1 is 0.679 bits per heavy atom. The molecule has 0 saturated carbocycles. The largest absolute Gasteiger partial charge is 0.478 e. The van der Waals surface area contributed by atoms with Gasteiger partial charge in [0.05, 0.1) is 6.61 Å². The fourth-order valence-electron chi connectivity index (χ4n) is 0.432. The summed E-state index contributed by atoms with van der Waals surface area (Å²) < 4.78 is 4.81. The van der Waals surface area contributed by atoms with Gasteiger partial charge in [0.25, 0.3) is 0 Å². The lowest BCUT2D eigenvalue weighted by Gasteiger charge is -2.01. The molecule has 0 heterocycles. The highest BCUT2D eigenvalue weighted by molar-refractivity contribution is 5.87. The summed E-state index contributed by atoms with van der Waals surface area (Å²) in [5.41, 5.74) is 0.996. The zero-order valence-corrected chi connectivity index (χ0v) is 17.3. The molecule has 28 heavy (non-hydrogen) atoms. The van der Waals surface area contributed by atoms with E-state index in [-0.39, 0.29) is 22.7 Å².